The highest BCUT2D eigenvalue weighted by molar-refractivity contribution is 8.00. The third-order valence-electron chi connectivity index (χ3n) is 6.47. The molecule has 3 rings (SSSR count). The number of hydrogen-bond donors (Lipinski definition) is 6. The lowest BCUT2D eigenvalue weighted by atomic mass is 9.97. The van der Waals surface area contributed by atoms with Crippen molar-refractivity contribution in [3.63, 3.8) is 0 Å². The van der Waals surface area contributed by atoms with Gasteiger partial charge < -0.3 is 44.8 Å². The highest BCUT2D eigenvalue weighted by Gasteiger charge is 2.66. The minimum atomic E-state index is -4.97. The van der Waals surface area contributed by atoms with Crippen LogP contribution in [0.3, 0.4) is 0 Å². The number of methoxy groups -OCH3 is 2. The van der Waals surface area contributed by atoms with Crippen LogP contribution in [0.2, 0.25) is 0 Å². The zero-order valence-electron chi connectivity index (χ0n) is 23.6. The average molecular weight is 676 g/mol. The summed E-state index contributed by atoms with van der Waals surface area (Å²) in [5, 5.41) is 30.0. The Bertz CT molecular complexity index is 1560. The molecule has 0 saturated carbocycles. The number of ether oxygens (including phenoxy) is 3. The van der Waals surface area contributed by atoms with Crippen LogP contribution >= 0.6 is 11.8 Å². The number of nitrogens with zero attached hydrogens (tertiary/aromatic N) is 1. The monoisotopic (exact) mass is 675 g/mol. The maximum Gasteiger partial charge on any atom is 0.446 e. The van der Waals surface area contributed by atoms with Crippen LogP contribution in [0.4, 0.5) is 0 Å². The van der Waals surface area contributed by atoms with Gasteiger partial charge in [-0.1, -0.05) is 6.07 Å². The van der Waals surface area contributed by atoms with Gasteiger partial charge in [0.1, 0.15) is 23.7 Å². The second kappa shape index (κ2) is 14.2. The molecule has 0 aliphatic carbocycles. The molecule has 45 heavy (non-hydrogen) atoms. The van der Waals surface area contributed by atoms with Crippen molar-refractivity contribution in [1.29, 1.82) is 0 Å². The number of carboxylic acids is 2. The van der Waals surface area contributed by atoms with Gasteiger partial charge >= 0.3 is 28.3 Å². The standard InChI is InChI=1S/C25H29N3O15S2/c1-40-17(9-12-6-7-15(29)16(8-12)43-45(37,38)39)22(35)42-10-13-11-44-24-25(41-2,23(36)28(24)19(13)21(33)34)27-18(30)5-3-4-14(26)20(31)32/h6-9,14,24,29H,3-5,10-11,26H2,1-2H3,(H,27,30)(H,31,32)(H,33,34)(H,37,38,39)/b17-9-/t14-,24-,25+/m1/s1. The van der Waals surface area contributed by atoms with Gasteiger partial charge in [-0.2, -0.15) is 8.42 Å². The molecule has 1 saturated heterocycles. The number of carbonyl (C=O) groups excluding carboxylic acids is 3. The molecule has 20 heteroatoms. The second-order valence-corrected chi connectivity index (χ2v) is 11.5. The zero-order valence-corrected chi connectivity index (χ0v) is 25.3. The van der Waals surface area contributed by atoms with Crippen LogP contribution in [0, 0.1) is 0 Å². The highest BCUT2D eigenvalue weighted by Crippen LogP contribution is 2.46. The van der Waals surface area contributed by atoms with Crippen molar-refractivity contribution in [2.75, 3.05) is 26.6 Å². The summed E-state index contributed by atoms with van der Waals surface area (Å²) in [4.78, 5) is 62.4. The minimum Gasteiger partial charge on any atom is -0.504 e. The molecule has 2 aliphatic heterocycles. The summed E-state index contributed by atoms with van der Waals surface area (Å²) < 4.78 is 50.7. The Morgan fingerprint density at radius 2 is 1.93 bits per heavy atom. The number of β-lactam (4-membered cyclic amide) rings is 1. The van der Waals surface area contributed by atoms with Gasteiger partial charge in [0, 0.05) is 24.9 Å². The van der Waals surface area contributed by atoms with E-state index >= 15 is 0 Å². The zero-order chi connectivity index (χ0) is 33.7. The number of phenolic OH excluding ortho intramolecular Hbond substituents is 1. The predicted molar refractivity (Wildman–Crippen MR) is 151 cm³/mol. The SMILES string of the molecule is CO/C(=C\c1ccc(O)c(OS(=O)(=O)O)c1)C(=O)OCC1=C(C(=O)O)N2C(=O)[C@](NC(=O)CCC[C@@H](N)C(=O)O)(OC)[C@H]2SC1. The minimum absolute atomic E-state index is 0.00731. The van der Waals surface area contributed by atoms with Gasteiger partial charge in [0.2, 0.25) is 11.7 Å². The van der Waals surface area contributed by atoms with Crippen LogP contribution in [0.1, 0.15) is 24.8 Å². The maximum absolute atomic E-state index is 13.2. The summed E-state index contributed by atoms with van der Waals surface area (Å²) in [7, 11) is -2.70. The molecule has 0 radical (unpaired) electrons. The van der Waals surface area contributed by atoms with Crippen molar-refractivity contribution in [3.05, 3.63) is 40.8 Å². The van der Waals surface area contributed by atoms with Gasteiger partial charge in [0.15, 0.2) is 11.5 Å². The molecule has 0 aromatic heterocycles. The molecule has 0 unspecified atom stereocenters. The number of fused-ring (bicyclic) bond motifs is 1. The molecule has 7 N–H and O–H groups in total. The van der Waals surface area contributed by atoms with E-state index in [0.29, 0.717) is 0 Å². The summed E-state index contributed by atoms with van der Waals surface area (Å²) in [6.07, 6.45) is 1.02. The summed E-state index contributed by atoms with van der Waals surface area (Å²) in [5.41, 5.74) is 3.16. The lowest BCUT2D eigenvalue weighted by Crippen LogP contribution is -2.80. The molecule has 0 bridgehead atoms. The van der Waals surface area contributed by atoms with Gasteiger partial charge in [-0.15, -0.1) is 11.8 Å². The number of esters is 1. The summed E-state index contributed by atoms with van der Waals surface area (Å²) in [5.74, 6) is -7.13. The van der Waals surface area contributed by atoms with Crippen molar-refractivity contribution >= 4 is 58.0 Å². The topological polar surface area (TPSA) is 279 Å². The van der Waals surface area contributed by atoms with E-state index in [1.807, 2.05) is 0 Å². The summed E-state index contributed by atoms with van der Waals surface area (Å²) in [6.45, 7) is -0.590. The fourth-order valence-electron chi connectivity index (χ4n) is 4.31. The Kier molecular flexibility index (Phi) is 11.0. The number of rotatable bonds is 15. The van der Waals surface area contributed by atoms with Crippen LogP contribution in [-0.2, 0) is 48.6 Å². The first-order chi connectivity index (χ1) is 21.0. The van der Waals surface area contributed by atoms with Crippen molar-refractivity contribution < 1.29 is 70.7 Å². The van der Waals surface area contributed by atoms with Crippen molar-refractivity contribution in [2.45, 2.75) is 36.4 Å². The third kappa shape index (κ3) is 8.02. The van der Waals surface area contributed by atoms with Crippen LogP contribution in [-0.4, -0.2) is 107 Å². The first-order valence-electron chi connectivity index (χ1n) is 12.7. The highest BCUT2D eigenvalue weighted by atomic mass is 32.3. The normalized spacial score (nSPS) is 20.4. The smallest absolute Gasteiger partial charge is 0.446 e. The summed E-state index contributed by atoms with van der Waals surface area (Å²) in [6, 6.07) is 2.08. The molecule has 2 heterocycles. The van der Waals surface area contributed by atoms with E-state index in [1.54, 1.807) is 0 Å². The maximum atomic E-state index is 13.2. The second-order valence-electron chi connectivity index (χ2n) is 9.45. The number of carbonyl (C=O) groups is 5. The van der Waals surface area contributed by atoms with E-state index in [-0.39, 0.29) is 36.2 Å². The molecule has 246 valence electrons. The predicted octanol–water partition coefficient (Wildman–Crippen LogP) is -0.601. The molecule has 1 aromatic carbocycles. The molecular weight excluding hydrogens is 646 g/mol. The quantitative estimate of drug-likeness (QED) is 0.0338. The van der Waals surface area contributed by atoms with Gasteiger partial charge in [0.05, 0.1) is 7.11 Å². The van der Waals surface area contributed by atoms with Crippen LogP contribution < -0.4 is 15.2 Å². The van der Waals surface area contributed by atoms with Crippen molar-refractivity contribution in [2.24, 2.45) is 5.73 Å². The number of hydrogen-bond acceptors (Lipinski definition) is 14. The van der Waals surface area contributed by atoms with E-state index in [0.717, 1.165) is 49.1 Å². The number of amides is 2. The molecule has 1 aromatic rings. The van der Waals surface area contributed by atoms with Gasteiger partial charge in [-0.3, -0.25) is 23.8 Å². The fraction of sp³-hybridized carbons (Fsp3) is 0.400. The molecule has 2 amide bonds. The van der Waals surface area contributed by atoms with E-state index in [9.17, 15) is 42.6 Å². The first-order valence-corrected chi connectivity index (χ1v) is 15.1. The molecular formula is C25H29N3O15S2. The third-order valence-corrected chi connectivity index (χ3v) is 8.23. The van der Waals surface area contributed by atoms with Crippen molar-refractivity contribution in [3.8, 4) is 11.5 Å². The van der Waals surface area contributed by atoms with E-state index in [1.165, 1.54) is 6.07 Å². The Morgan fingerprint density at radius 3 is 2.51 bits per heavy atom. The van der Waals surface area contributed by atoms with Crippen LogP contribution in [0.5, 0.6) is 11.5 Å². The van der Waals surface area contributed by atoms with Gasteiger partial charge in [-0.25, -0.2) is 9.59 Å². The molecule has 2 aliphatic rings. The lowest BCUT2D eigenvalue weighted by Gasteiger charge is -2.55. The molecule has 18 nitrogen and oxygen atoms in total. The van der Waals surface area contributed by atoms with Gasteiger partial charge in [0.25, 0.3) is 11.6 Å². The van der Waals surface area contributed by atoms with E-state index in [2.05, 4.69) is 9.50 Å². The Labute approximate surface area is 259 Å². The number of carboxylic acid groups (broad SMARTS) is 2. The van der Waals surface area contributed by atoms with E-state index in [4.69, 9.17) is 29.6 Å². The summed E-state index contributed by atoms with van der Waals surface area (Å²) >= 11 is 1.03. The largest absolute Gasteiger partial charge is 0.504 e. The lowest BCUT2D eigenvalue weighted by molar-refractivity contribution is -0.192. The van der Waals surface area contributed by atoms with E-state index < -0.39 is 86.8 Å². The Hall–Kier alpha value is -4.37. The molecule has 1 fully saturated rings. The Morgan fingerprint density at radius 1 is 1.24 bits per heavy atom. The first kappa shape index (κ1) is 35.1. The number of thioether (sulfide) groups is 1. The van der Waals surface area contributed by atoms with Gasteiger partial charge in [-0.05, 0) is 36.6 Å². The fourth-order valence-corrected chi connectivity index (χ4v) is 6.09. The molecule has 3 atom stereocenters. The van der Waals surface area contributed by atoms with Crippen LogP contribution in [0.15, 0.2) is 35.2 Å². The Balaban J connectivity index is 1.73. The van der Waals surface area contributed by atoms with Crippen molar-refractivity contribution in [1.82, 2.24) is 10.2 Å². The number of aromatic hydroxyl groups is 1. The number of nitrogens with two attached hydrogens (primary N) is 1. The van der Waals surface area contributed by atoms with Crippen LogP contribution in [0.25, 0.3) is 6.08 Å². The number of benzene rings is 1. The number of phenols is 1. The number of aliphatic carboxylic acids is 2. The molecule has 0 spiro atoms. The number of nitrogens with one attached hydrogen (secondary N) is 1. The average Bonchev–Trinajstić information content (AvgIpc) is 2.97.